The van der Waals surface area contributed by atoms with Crippen LogP contribution in [0.25, 0.3) is 33.4 Å². The largest absolute Gasteiger partial charge is 0.374 e. The van der Waals surface area contributed by atoms with Crippen molar-refractivity contribution in [3.05, 3.63) is 69.7 Å². The molecule has 0 bridgehead atoms. The van der Waals surface area contributed by atoms with E-state index in [2.05, 4.69) is 32.2 Å². The maximum atomic E-state index is 13.8. The summed E-state index contributed by atoms with van der Waals surface area (Å²) in [5.74, 6) is 0.452. The third kappa shape index (κ3) is 4.77. The Balaban J connectivity index is 1.62. The van der Waals surface area contributed by atoms with Crippen molar-refractivity contribution in [3.8, 4) is 22.4 Å². The van der Waals surface area contributed by atoms with Gasteiger partial charge in [0.1, 0.15) is 5.65 Å². The molecule has 1 aliphatic heterocycles. The Labute approximate surface area is 208 Å². The van der Waals surface area contributed by atoms with Gasteiger partial charge in [0.15, 0.2) is 0 Å². The van der Waals surface area contributed by atoms with Crippen molar-refractivity contribution in [3.63, 3.8) is 0 Å². The summed E-state index contributed by atoms with van der Waals surface area (Å²) in [5.41, 5.74) is 4.20. The monoisotopic (exact) mass is 490 g/mol. The Morgan fingerprint density at radius 3 is 2.77 bits per heavy atom. The molecule has 1 unspecified atom stereocenters. The molecule has 4 aromatic rings. The number of hydrogen-bond acceptors (Lipinski definition) is 7. The molecule has 180 valence electrons. The normalized spacial score (nSPS) is 16.5. The maximum absolute atomic E-state index is 13.8. The van der Waals surface area contributed by atoms with Gasteiger partial charge in [0.25, 0.3) is 5.56 Å². The molecule has 35 heavy (non-hydrogen) atoms. The zero-order valence-electron chi connectivity index (χ0n) is 20.0. The number of likely N-dealkylation sites (N-methyl/N-ethyl adjacent to an activating group) is 1. The summed E-state index contributed by atoms with van der Waals surface area (Å²) < 4.78 is 7.65. The highest BCUT2D eigenvalue weighted by atomic mass is 35.5. The Kier molecular flexibility index (Phi) is 6.51. The average molecular weight is 491 g/mol. The Hall–Kier alpha value is -3.33. The Morgan fingerprint density at radius 2 is 2.03 bits per heavy atom. The fourth-order valence-electron chi connectivity index (χ4n) is 4.42. The second-order valence-corrected chi connectivity index (χ2v) is 9.22. The highest BCUT2D eigenvalue weighted by molar-refractivity contribution is 6.33. The van der Waals surface area contributed by atoms with E-state index in [1.54, 1.807) is 17.8 Å². The first-order valence-electron chi connectivity index (χ1n) is 11.6. The summed E-state index contributed by atoms with van der Waals surface area (Å²) >= 11 is 6.74. The van der Waals surface area contributed by atoms with Gasteiger partial charge >= 0.3 is 0 Å². The zero-order chi connectivity index (χ0) is 24.5. The Morgan fingerprint density at radius 1 is 1.17 bits per heavy atom. The standard InChI is InChI=1S/C26H27ClN6O2/c1-16-5-4-6-23(30-16)17-7-8-20(22(27)12-17)21-11-18-13-29-26(28-2)31-24(18)33(25(21)34)15-19-14-32(3)9-10-35-19/h4-8,11-13,19H,9-10,14-15H2,1-3H3,(H,28,29,31). The summed E-state index contributed by atoms with van der Waals surface area (Å²) in [7, 11) is 3.81. The molecule has 0 saturated carbocycles. The summed E-state index contributed by atoms with van der Waals surface area (Å²) in [6.07, 6.45) is 1.60. The summed E-state index contributed by atoms with van der Waals surface area (Å²) in [4.78, 5) is 29.6. The predicted octanol–water partition coefficient (Wildman–Crippen LogP) is 3.85. The van der Waals surface area contributed by atoms with E-state index >= 15 is 0 Å². The van der Waals surface area contributed by atoms with Gasteiger partial charge in [-0.3, -0.25) is 14.3 Å². The molecular weight excluding hydrogens is 464 g/mol. The molecule has 1 aliphatic rings. The third-order valence-corrected chi connectivity index (χ3v) is 6.53. The fraction of sp³-hybridized carbons (Fsp3) is 0.308. The van der Waals surface area contributed by atoms with Crippen molar-refractivity contribution in [1.29, 1.82) is 0 Å². The first-order valence-corrected chi connectivity index (χ1v) is 11.9. The van der Waals surface area contributed by atoms with Crippen molar-refractivity contribution in [2.75, 3.05) is 39.1 Å². The SMILES string of the molecule is CNc1ncc2cc(-c3ccc(-c4cccc(C)n4)cc3Cl)c(=O)n(CC3CN(C)CCO3)c2n1. The van der Waals surface area contributed by atoms with Gasteiger partial charge in [0.05, 0.1) is 24.9 Å². The van der Waals surface area contributed by atoms with Gasteiger partial charge < -0.3 is 15.0 Å². The van der Waals surface area contributed by atoms with Crippen molar-refractivity contribution < 1.29 is 4.74 Å². The molecule has 1 N–H and O–H groups in total. The van der Waals surface area contributed by atoms with Gasteiger partial charge in [-0.2, -0.15) is 4.98 Å². The van der Waals surface area contributed by atoms with Crippen molar-refractivity contribution >= 4 is 28.6 Å². The molecule has 0 spiro atoms. The Bertz CT molecular complexity index is 1450. The zero-order valence-corrected chi connectivity index (χ0v) is 20.7. The molecule has 1 fully saturated rings. The van der Waals surface area contributed by atoms with E-state index in [1.807, 2.05) is 49.4 Å². The third-order valence-electron chi connectivity index (χ3n) is 6.22. The number of rotatable bonds is 5. The van der Waals surface area contributed by atoms with E-state index in [-0.39, 0.29) is 11.7 Å². The van der Waals surface area contributed by atoms with E-state index < -0.39 is 0 Å². The van der Waals surface area contributed by atoms with Crippen LogP contribution in [0.4, 0.5) is 5.95 Å². The summed E-state index contributed by atoms with van der Waals surface area (Å²) in [6, 6.07) is 13.3. The van der Waals surface area contributed by atoms with E-state index in [4.69, 9.17) is 16.3 Å². The van der Waals surface area contributed by atoms with Crippen LogP contribution in [0.15, 0.2) is 53.5 Å². The van der Waals surface area contributed by atoms with Gasteiger partial charge in [-0.1, -0.05) is 29.8 Å². The summed E-state index contributed by atoms with van der Waals surface area (Å²) in [5, 5.41) is 4.19. The van der Waals surface area contributed by atoms with Gasteiger partial charge in [-0.05, 0) is 38.2 Å². The minimum absolute atomic E-state index is 0.122. The lowest BCUT2D eigenvalue weighted by atomic mass is 10.0. The van der Waals surface area contributed by atoms with Gasteiger partial charge in [-0.25, -0.2) is 4.98 Å². The van der Waals surface area contributed by atoms with Gasteiger partial charge in [-0.15, -0.1) is 0 Å². The second-order valence-electron chi connectivity index (χ2n) is 8.81. The highest BCUT2D eigenvalue weighted by Crippen LogP contribution is 2.31. The molecule has 1 aromatic carbocycles. The number of benzene rings is 1. The van der Waals surface area contributed by atoms with Crippen molar-refractivity contribution in [2.45, 2.75) is 19.6 Å². The predicted molar refractivity (Wildman–Crippen MR) is 139 cm³/mol. The molecule has 3 aromatic heterocycles. The minimum Gasteiger partial charge on any atom is -0.374 e. The number of halogens is 1. The number of morpholine rings is 1. The number of fused-ring (bicyclic) bond motifs is 1. The molecular formula is C26H27ClN6O2. The van der Waals surface area contributed by atoms with Crippen LogP contribution < -0.4 is 10.9 Å². The van der Waals surface area contributed by atoms with Crippen LogP contribution in [0.5, 0.6) is 0 Å². The maximum Gasteiger partial charge on any atom is 0.260 e. The quantitative estimate of drug-likeness (QED) is 0.454. The highest BCUT2D eigenvalue weighted by Gasteiger charge is 2.22. The number of nitrogens with zero attached hydrogens (tertiary/aromatic N) is 5. The van der Waals surface area contributed by atoms with E-state index in [0.29, 0.717) is 40.9 Å². The van der Waals surface area contributed by atoms with Crippen molar-refractivity contribution in [1.82, 2.24) is 24.4 Å². The number of pyridine rings is 2. The first kappa shape index (κ1) is 23.4. The minimum atomic E-state index is -0.168. The van der Waals surface area contributed by atoms with Gasteiger partial charge in [0, 0.05) is 59.1 Å². The molecule has 1 atom stereocenters. The van der Waals surface area contributed by atoms with E-state index in [9.17, 15) is 4.79 Å². The number of hydrogen-bond donors (Lipinski definition) is 1. The van der Waals surface area contributed by atoms with Crippen LogP contribution in [-0.2, 0) is 11.3 Å². The molecule has 5 rings (SSSR count). The number of aryl methyl sites for hydroxylation is 1. The van der Waals surface area contributed by atoms with Crippen LogP contribution >= 0.6 is 11.6 Å². The van der Waals surface area contributed by atoms with Crippen LogP contribution in [-0.4, -0.2) is 64.3 Å². The smallest absolute Gasteiger partial charge is 0.260 e. The fourth-order valence-corrected chi connectivity index (χ4v) is 4.70. The number of aromatic nitrogens is 4. The number of nitrogens with one attached hydrogen (secondary N) is 1. The van der Waals surface area contributed by atoms with E-state index in [1.165, 1.54) is 0 Å². The average Bonchev–Trinajstić information content (AvgIpc) is 2.85. The van der Waals surface area contributed by atoms with Crippen LogP contribution in [0.3, 0.4) is 0 Å². The lowest BCUT2D eigenvalue weighted by molar-refractivity contribution is -0.0273. The van der Waals surface area contributed by atoms with E-state index in [0.717, 1.165) is 35.4 Å². The number of ether oxygens (including phenoxy) is 1. The number of anilines is 1. The van der Waals surface area contributed by atoms with Crippen LogP contribution in [0.2, 0.25) is 5.02 Å². The lowest BCUT2D eigenvalue weighted by Gasteiger charge is -2.30. The molecule has 8 nitrogen and oxygen atoms in total. The van der Waals surface area contributed by atoms with Crippen LogP contribution in [0, 0.1) is 6.92 Å². The molecule has 0 aliphatic carbocycles. The summed E-state index contributed by atoms with van der Waals surface area (Å²) in [6.45, 7) is 4.57. The second kappa shape index (κ2) is 9.73. The first-order chi connectivity index (χ1) is 16.9. The van der Waals surface area contributed by atoms with Crippen molar-refractivity contribution in [2.24, 2.45) is 0 Å². The molecule has 0 amide bonds. The lowest BCUT2D eigenvalue weighted by Crippen LogP contribution is -2.43. The molecule has 9 heteroatoms. The molecule has 4 heterocycles. The van der Waals surface area contributed by atoms with Crippen LogP contribution in [0.1, 0.15) is 5.69 Å². The molecule has 1 saturated heterocycles. The van der Waals surface area contributed by atoms with Gasteiger partial charge in [0.2, 0.25) is 5.95 Å². The molecule has 0 radical (unpaired) electrons. The topological polar surface area (TPSA) is 85.2 Å².